The molecule has 0 aliphatic rings. The first-order valence-corrected chi connectivity index (χ1v) is 8.53. The molecule has 0 aromatic heterocycles. The summed E-state index contributed by atoms with van der Waals surface area (Å²) in [6.45, 7) is 2.76. The maximum atomic E-state index is 11.7. The second-order valence-corrected chi connectivity index (χ2v) is 7.09. The third-order valence-corrected chi connectivity index (χ3v) is 3.67. The Morgan fingerprint density at radius 2 is 1.95 bits per heavy atom. The predicted octanol–water partition coefficient (Wildman–Crippen LogP) is 1.00. The van der Waals surface area contributed by atoms with E-state index in [9.17, 15) is 13.2 Å². The highest BCUT2D eigenvalue weighted by Crippen LogP contribution is 2.04. The fourth-order valence-corrected chi connectivity index (χ4v) is 2.05. The first-order chi connectivity index (χ1) is 9.38. The Morgan fingerprint density at radius 3 is 2.55 bits per heavy atom. The predicted molar refractivity (Wildman–Crippen MR) is 78.0 cm³/mol. The van der Waals surface area contributed by atoms with E-state index in [0.29, 0.717) is 13.1 Å². The minimum absolute atomic E-state index is 0.0682. The smallest absolute Gasteiger partial charge is 0.310 e. The molecule has 0 saturated carbocycles. The van der Waals surface area contributed by atoms with Crippen molar-refractivity contribution in [3.05, 3.63) is 35.9 Å². The van der Waals surface area contributed by atoms with Crippen LogP contribution in [0.3, 0.4) is 0 Å². The van der Waals surface area contributed by atoms with Crippen LogP contribution in [0.5, 0.6) is 0 Å². The molecule has 1 unspecified atom stereocenters. The van der Waals surface area contributed by atoms with Gasteiger partial charge < -0.3 is 10.1 Å². The number of carbonyl (C=O) groups excluding carboxylic acids is 1. The van der Waals surface area contributed by atoms with Gasteiger partial charge in [0.25, 0.3) is 0 Å². The first-order valence-electron chi connectivity index (χ1n) is 6.47. The molecule has 0 aliphatic heterocycles. The average Bonchev–Trinajstić information content (AvgIpc) is 2.40. The van der Waals surface area contributed by atoms with Gasteiger partial charge in [-0.25, -0.2) is 8.42 Å². The van der Waals surface area contributed by atoms with Crippen LogP contribution in [-0.2, 0) is 26.0 Å². The lowest BCUT2D eigenvalue weighted by Crippen LogP contribution is -2.31. The Morgan fingerprint density at radius 1 is 1.30 bits per heavy atom. The molecule has 1 rings (SSSR count). The van der Waals surface area contributed by atoms with Gasteiger partial charge >= 0.3 is 5.97 Å². The highest BCUT2D eigenvalue weighted by atomic mass is 32.2. The van der Waals surface area contributed by atoms with Gasteiger partial charge in [-0.2, -0.15) is 0 Å². The maximum Gasteiger partial charge on any atom is 0.310 e. The zero-order chi connectivity index (χ0) is 15.0. The lowest BCUT2D eigenvalue weighted by Gasteiger charge is -2.12. The fraction of sp³-hybridized carbons (Fsp3) is 0.500. The van der Waals surface area contributed by atoms with E-state index in [4.69, 9.17) is 4.74 Å². The van der Waals surface area contributed by atoms with Crippen LogP contribution >= 0.6 is 0 Å². The zero-order valence-electron chi connectivity index (χ0n) is 11.8. The summed E-state index contributed by atoms with van der Waals surface area (Å²) in [7, 11) is -2.97. The van der Waals surface area contributed by atoms with Crippen LogP contribution in [0.1, 0.15) is 12.5 Å². The van der Waals surface area contributed by atoms with Gasteiger partial charge in [0.1, 0.15) is 16.4 Å². The monoisotopic (exact) mass is 299 g/mol. The number of ether oxygens (including phenoxy) is 1. The summed E-state index contributed by atoms with van der Waals surface area (Å²) in [5, 5.41) is 2.94. The van der Waals surface area contributed by atoms with Crippen molar-refractivity contribution in [2.24, 2.45) is 5.92 Å². The largest absolute Gasteiger partial charge is 0.461 e. The van der Waals surface area contributed by atoms with Crippen LogP contribution in [0.15, 0.2) is 30.3 Å². The normalized spacial score (nSPS) is 12.9. The molecule has 6 heteroatoms. The van der Waals surface area contributed by atoms with Gasteiger partial charge in [0, 0.05) is 19.3 Å². The van der Waals surface area contributed by atoms with Crippen molar-refractivity contribution >= 4 is 15.8 Å². The van der Waals surface area contributed by atoms with Crippen LogP contribution in [-0.4, -0.2) is 39.5 Å². The number of benzene rings is 1. The highest BCUT2D eigenvalue weighted by Gasteiger charge is 2.14. The van der Waals surface area contributed by atoms with Gasteiger partial charge in [-0.05, 0) is 5.56 Å². The molecule has 0 radical (unpaired) electrons. The van der Waals surface area contributed by atoms with Gasteiger partial charge in [-0.3, -0.25) is 4.79 Å². The second-order valence-electron chi connectivity index (χ2n) is 4.83. The van der Waals surface area contributed by atoms with Crippen molar-refractivity contribution in [1.29, 1.82) is 0 Å². The molecule has 1 N–H and O–H groups in total. The molecule has 112 valence electrons. The summed E-state index contributed by atoms with van der Waals surface area (Å²) in [5.74, 6) is -0.530. The fourth-order valence-electron chi connectivity index (χ4n) is 1.53. The third-order valence-electron chi connectivity index (χ3n) is 2.73. The van der Waals surface area contributed by atoms with Crippen LogP contribution in [0, 0.1) is 5.92 Å². The van der Waals surface area contributed by atoms with E-state index in [2.05, 4.69) is 5.32 Å². The van der Waals surface area contributed by atoms with Crippen molar-refractivity contribution in [2.75, 3.05) is 25.1 Å². The number of esters is 1. The lowest BCUT2D eigenvalue weighted by molar-refractivity contribution is -0.149. The average molecular weight is 299 g/mol. The number of carbonyl (C=O) groups is 1. The Balaban J connectivity index is 2.22. The van der Waals surface area contributed by atoms with E-state index in [1.54, 1.807) is 6.92 Å². The second kappa shape index (κ2) is 8.01. The number of nitrogens with one attached hydrogen (secondary N) is 1. The van der Waals surface area contributed by atoms with E-state index < -0.39 is 9.84 Å². The van der Waals surface area contributed by atoms with Crippen LogP contribution in [0.4, 0.5) is 0 Å². The molecule has 0 bridgehead atoms. The SMILES string of the molecule is CC(CNCCS(C)(=O)=O)C(=O)OCc1ccccc1. The standard InChI is InChI=1S/C14H21NO4S/c1-12(10-15-8-9-20(2,17)18)14(16)19-11-13-6-4-3-5-7-13/h3-7,12,15H,8-11H2,1-2H3. The van der Waals surface area contributed by atoms with Gasteiger partial charge in [-0.1, -0.05) is 37.3 Å². The van der Waals surface area contributed by atoms with Crippen LogP contribution in [0.2, 0.25) is 0 Å². The number of hydrogen-bond acceptors (Lipinski definition) is 5. The van der Waals surface area contributed by atoms with Gasteiger partial charge in [0.2, 0.25) is 0 Å². The zero-order valence-corrected chi connectivity index (χ0v) is 12.7. The van der Waals surface area contributed by atoms with Crippen LogP contribution in [0.25, 0.3) is 0 Å². The van der Waals surface area contributed by atoms with Crippen LogP contribution < -0.4 is 5.32 Å². The topological polar surface area (TPSA) is 72.5 Å². The Labute approximate surface area is 120 Å². The van der Waals surface area contributed by atoms with E-state index in [1.807, 2.05) is 30.3 Å². The molecular weight excluding hydrogens is 278 g/mol. The third kappa shape index (κ3) is 7.25. The molecule has 0 amide bonds. The molecule has 0 aliphatic carbocycles. The molecule has 1 aromatic rings. The summed E-state index contributed by atoms with van der Waals surface area (Å²) < 4.78 is 27.1. The molecule has 1 atom stereocenters. The maximum absolute atomic E-state index is 11.7. The molecule has 0 fully saturated rings. The molecule has 0 spiro atoms. The van der Waals surface area contributed by atoms with Crippen molar-refractivity contribution in [3.8, 4) is 0 Å². The van der Waals surface area contributed by atoms with Crippen molar-refractivity contribution in [1.82, 2.24) is 5.32 Å². The molecular formula is C14H21NO4S. The Hall–Kier alpha value is -1.40. The van der Waals surface area contributed by atoms with Gasteiger partial charge in [0.05, 0.1) is 11.7 Å². The minimum atomic E-state index is -2.97. The van der Waals surface area contributed by atoms with Crippen molar-refractivity contribution in [3.63, 3.8) is 0 Å². The minimum Gasteiger partial charge on any atom is -0.461 e. The molecule has 20 heavy (non-hydrogen) atoms. The van der Waals surface area contributed by atoms with E-state index in [-0.39, 0.29) is 24.2 Å². The summed E-state index contributed by atoms with van der Waals surface area (Å²) in [6, 6.07) is 9.46. The first kappa shape index (κ1) is 16.7. The van der Waals surface area contributed by atoms with Gasteiger partial charge in [0.15, 0.2) is 0 Å². The van der Waals surface area contributed by atoms with Crippen molar-refractivity contribution < 1.29 is 17.9 Å². The number of sulfone groups is 1. The number of hydrogen-bond donors (Lipinski definition) is 1. The van der Waals surface area contributed by atoms with Crippen molar-refractivity contribution in [2.45, 2.75) is 13.5 Å². The Bertz CT molecular complexity index is 513. The number of rotatable bonds is 8. The van der Waals surface area contributed by atoms with Gasteiger partial charge in [-0.15, -0.1) is 0 Å². The van der Waals surface area contributed by atoms with E-state index in [1.165, 1.54) is 6.26 Å². The van der Waals surface area contributed by atoms with E-state index >= 15 is 0 Å². The molecule has 1 aromatic carbocycles. The molecule has 0 heterocycles. The summed E-state index contributed by atoms with van der Waals surface area (Å²) >= 11 is 0. The molecule has 0 saturated heterocycles. The Kier molecular flexibility index (Phi) is 6.67. The lowest BCUT2D eigenvalue weighted by atomic mass is 10.2. The van der Waals surface area contributed by atoms with E-state index in [0.717, 1.165) is 5.56 Å². The summed E-state index contributed by atoms with van der Waals surface area (Å²) in [5.41, 5.74) is 0.943. The summed E-state index contributed by atoms with van der Waals surface area (Å²) in [4.78, 5) is 11.7. The highest BCUT2D eigenvalue weighted by molar-refractivity contribution is 7.90. The molecule has 5 nitrogen and oxygen atoms in total. The quantitative estimate of drug-likeness (QED) is 0.573. The summed E-state index contributed by atoms with van der Waals surface area (Å²) in [6.07, 6.45) is 1.19.